The van der Waals surface area contributed by atoms with Crippen LogP contribution in [0, 0.1) is 6.92 Å². The van der Waals surface area contributed by atoms with Gasteiger partial charge in [-0.2, -0.15) is 0 Å². The summed E-state index contributed by atoms with van der Waals surface area (Å²) in [5, 5.41) is 2.81. The monoisotopic (exact) mass is 232 g/mol. The number of primary amides is 1. The van der Waals surface area contributed by atoms with Gasteiger partial charge in [0.05, 0.1) is 0 Å². The molecule has 3 heteroatoms. The summed E-state index contributed by atoms with van der Waals surface area (Å²) >= 11 is 0. The second kappa shape index (κ2) is 4.78. The van der Waals surface area contributed by atoms with Gasteiger partial charge in [0, 0.05) is 5.69 Å². The van der Waals surface area contributed by atoms with Crippen molar-refractivity contribution in [2.24, 2.45) is 5.73 Å². The van der Waals surface area contributed by atoms with Crippen LogP contribution in [0.2, 0.25) is 0 Å². The number of hydrogen-bond acceptors (Lipinski definition) is 1. The van der Waals surface area contributed by atoms with Crippen molar-refractivity contribution in [1.29, 1.82) is 0 Å². The van der Waals surface area contributed by atoms with E-state index in [0.29, 0.717) is 0 Å². The first-order chi connectivity index (χ1) is 8.13. The molecule has 0 heterocycles. The second-order valence-electron chi connectivity index (χ2n) is 4.77. The molecule has 17 heavy (non-hydrogen) atoms. The van der Waals surface area contributed by atoms with E-state index in [9.17, 15) is 4.79 Å². The average molecular weight is 232 g/mol. The molecule has 0 atom stereocenters. The van der Waals surface area contributed by atoms with E-state index in [1.54, 1.807) is 0 Å². The third-order valence-electron chi connectivity index (χ3n) is 3.53. The number of carbonyl (C=O) groups excluding carboxylic acids is 1. The molecule has 0 aromatic heterocycles. The lowest BCUT2D eigenvalue weighted by atomic mass is 9.95. The number of amides is 2. The van der Waals surface area contributed by atoms with Crippen molar-refractivity contribution >= 4 is 11.7 Å². The van der Waals surface area contributed by atoms with Gasteiger partial charge in [-0.3, -0.25) is 0 Å². The molecule has 0 radical (unpaired) electrons. The Morgan fingerprint density at radius 3 is 2.88 bits per heavy atom. The molecule has 0 saturated carbocycles. The molecule has 3 nitrogen and oxygen atoms in total. The van der Waals surface area contributed by atoms with Gasteiger partial charge in [-0.05, 0) is 54.9 Å². The standard InChI is InChI=1S/C14H20N2O/c1-3-5-10-8-11-6-4-7-12(11)13(9(10)2)16-14(15)17/h8H,3-7H2,1-2H3,(H3,15,16,17). The minimum Gasteiger partial charge on any atom is -0.351 e. The third kappa shape index (κ3) is 2.28. The fourth-order valence-electron chi connectivity index (χ4n) is 2.74. The molecule has 0 saturated heterocycles. The minimum atomic E-state index is -0.462. The lowest BCUT2D eigenvalue weighted by Crippen LogP contribution is -2.21. The Hall–Kier alpha value is -1.51. The number of rotatable bonds is 3. The van der Waals surface area contributed by atoms with Gasteiger partial charge in [0.1, 0.15) is 0 Å². The van der Waals surface area contributed by atoms with Crippen LogP contribution < -0.4 is 11.1 Å². The number of urea groups is 1. The van der Waals surface area contributed by atoms with Crippen LogP contribution in [0.15, 0.2) is 6.07 Å². The molecular weight excluding hydrogens is 212 g/mol. The van der Waals surface area contributed by atoms with Crippen LogP contribution in [0.5, 0.6) is 0 Å². The molecule has 1 aromatic rings. The van der Waals surface area contributed by atoms with Crippen molar-refractivity contribution in [3.05, 3.63) is 28.3 Å². The summed E-state index contributed by atoms with van der Waals surface area (Å²) in [7, 11) is 0. The Morgan fingerprint density at radius 1 is 1.47 bits per heavy atom. The summed E-state index contributed by atoms with van der Waals surface area (Å²) in [6.07, 6.45) is 5.54. The van der Waals surface area contributed by atoms with Gasteiger partial charge in [-0.1, -0.05) is 19.4 Å². The van der Waals surface area contributed by atoms with Crippen molar-refractivity contribution < 1.29 is 4.79 Å². The molecule has 0 aliphatic heterocycles. The molecule has 0 spiro atoms. The van der Waals surface area contributed by atoms with Gasteiger partial charge in [0.2, 0.25) is 0 Å². The zero-order chi connectivity index (χ0) is 12.4. The van der Waals surface area contributed by atoms with Crippen LogP contribution in [-0.4, -0.2) is 6.03 Å². The molecule has 92 valence electrons. The highest BCUT2D eigenvalue weighted by Crippen LogP contribution is 2.34. The van der Waals surface area contributed by atoms with E-state index in [2.05, 4.69) is 25.2 Å². The Balaban J connectivity index is 2.49. The quantitative estimate of drug-likeness (QED) is 0.827. The van der Waals surface area contributed by atoms with Crippen LogP contribution in [0.25, 0.3) is 0 Å². The maximum atomic E-state index is 11.1. The molecule has 3 N–H and O–H groups in total. The van der Waals surface area contributed by atoms with Crippen LogP contribution >= 0.6 is 0 Å². The lowest BCUT2D eigenvalue weighted by molar-refractivity contribution is 0.259. The van der Waals surface area contributed by atoms with Gasteiger partial charge in [0.25, 0.3) is 0 Å². The summed E-state index contributed by atoms with van der Waals surface area (Å²) < 4.78 is 0. The summed E-state index contributed by atoms with van der Waals surface area (Å²) in [6.45, 7) is 4.25. The van der Waals surface area contributed by atoms with Crippen LogP contribution in [0.3, 0.4) is 0 Å². The number of nitrogens with one attached hydrogen (secondary N) is 1. The molecule has 2 rings (SSSR count). The predicted molar refractivity (Wildman–Crippen MR) is 70.4 cm³/mol. The number of aryl methyl sites for hydroxylation is 2. The highest BCUT2D eigenvalue weighted by atomic mass is 16.2. The number of nitrogens with two attached hydrogens (primary N) is 1. The number of carbonyl (C=O) groups is 1. The van der Waals surface area contributed by atoms with Crippen LogP contribution in [0.4, 0.5) is 10.5 Å². The second-order valence-corrected chi connectivity index (χ2v) is 4.77. The zero-order valence-electron chi connectivity index (χ0n) is 10.6. The smallest absolute Gasteiger partial charge is 0.316 e. The third-order valence-corrected chi connectivity index (χ3v) is 3.53. The molecular formula is C14H20N2O. The molecule has 2 amide bonds. The Morgan fingerprint density at radius 2 is 2.24 bits per heavy atom. The van der Waals surface area contributed by atoms with E-state index in [4.69, 9.17) is 5.73 Å². The van der Waals surface area contributed by atoms with E-state index >= 15 is 0 Å². The Kier molecular flexibility index (Phi) is 3.36. The van der Waals surface area contributed by atoms with E-state index in [1.165, 1.54) is 28.7 Å². The maximum Gasteiger partial charge on any atom is 0.316 e. The van der Waals surface area contributed by atoms with Crippen molar-refractivity contribution in [1.82, 2.24) is 0 Å². The van der Waals surface area contributed by atoms with Gasteiger partial charge in [-0.25, -0.2) is 4.79 Å². The highest BCUT2D eigenvalue weighted by Gasteiger charge is 2.19. The first-order valence-corrected chi connectivity index (χ1v) is 6.34. The van der Waals surface area contributed by atoms with Gasteiger partial charge < -0.3 is 11.1 Å². The van der Waals surface area contributed by atoms with Crippen LogP contribution in [-0.2, 0) is 19.3 Å². The first-order valence-electron chi connectivity index (χ1n) is 6.34. The van der Waals surface area contributed by atoms with E-state index in [-0.39, 0.29) is 0 Å². The normalized spacial score (nSPS) is 13.5. The lowest BCUT2D eigenvalue weighted by Gasteiger charge is -2.16. The number of fused-ring (bicyclic) bond motifs is 1. The maximum absolute atomic E-state index is 11.1. The zero-order valence-corrected chi connectivity index (χ0v) is 10.6. The van der Waals surface area contributed by atoms with Crippen molar-refractivity contribution in [3.63, 3.8) is 0 Å². The van der Waals surface area contributed by atoms with Gasteiger partial charge >= 0.3 is 6.03 Å². The van der Waals surface area contributed by atoms with Crippen molar-refractivity contribution in [3.8, 4) is 0 Å². The van der Waals surface area contributed by atoms with Gasteiger partial charge in [0.15, 0.2) is 0 Å². The fraction of sp³-hybridized carbons (Fsp3) is 0.500. The first kappa shape index (κ1) is 12.0. The summed E-state index contributed by atoms with van der Waals surface area (Å²) in [4.78, 5) is 11.1. The Bertz CT molecular complexity index is 452. The average Bonchev–Trinajstić information content (AvgIpc) is 2.71. The largest absolute Gasteiger partial charge is 0.351 e. The number of benzene rings is 1. The van der Waals surface area contributed by atoms with Crippen molar-refractivity contribution in [2.45, 2.75) is 46.0 Å². The van der Waals surface area contributed by atoms with E-state index in [0.717, 1.165) is 31.4 Å². The predicted octanol–water partition coefficient (Wildman–Crippen LogP) is 2.93. The number of hydrogen-bond donors (Lipinski definition) is 2. The van der Waals surface area contributed by atoms with E-state index < -0.39 is 6.03 Å². The fourth-order valence-corrected chi connectivity index (χ4v) is 2.74. The minimum absolute atomic E-state index is 0.462. The van der Waals surface area contributed by atoms with E-state index in [1.807, 2.05) is 0 Å². The molecule has 1 aromatic carbocycles. The van der Waals surface area contributed by atoms with Gasteiger partial charge in [-0.15, -0.1) is 0 Å². The summed E-state index contributed by atoms with van der Waals surface area (Å²) in [6, 6.07) is 1.85. The summed E-state index contributed by atoms with van der Waals surface area (Å²) in [5.41, 5.74) is 11.4. The topological polar surface area (TPSA) is 55.1 Å². The summed E-state index contributed by atoms with van der Waals surface area (Å²) in [5.74, 6) is 0. The molecule has 0 unspecified atom stereocenters. The molecule has 1 aliphatic carbocycles. The number of anilines is 1. The highest BCUT2D eigenvalue weighted by molar-refractivity contribution is 5.90. The Labute approximate surface area is 102 Å². The molecule has 0 fully saturated rings. The molecule has 0 bridgehead atoms. The molecule has 1 aliphatic rings. The van der Waals surface area contributed by atoms with Crippen LogP contribution in [0.1, 0.15) is 42.0 Å². The SMILES string of the molecule is CCCc1cc2c(c(NC(N)=O)c1C)CCC2. The van der Waals surface area contributed by atoms with Crippen molar-refractivity contribution in [2.75, 3.05) is 5.32 Å².